The van der Waals surface area contributed by atoms with Crippen LogP contribution in [0.25, 0.3) is 0 Å². The number of halogens is 1. The van der Waals surface area contributed by atoms with Gasteiger partial charge in [0, 0.05) is 10.1 Å². The van der Waals surface area contributed by atoms with E-state index in [0.717, 1.165) is 4.90 Å². The van der Waals surface area contributed by atoms with Crippen LogP contribution in [0.15, 0.2) is 23.1 Å². The molecular formula is C9H10FNS. The van der Waals surface area contributed by atoms with Gasteiger partial charge in [-0.3, -0.25) is 0 Å². The first-order valence-corrected chi connectivity index (χ1v) is 4.85. The lowest BCUT2D eigenvalue weighted by Crippen LogP contribution is -1.89. The Morgan fingerprint density at radius 1 is 1.42 bits per heavy atom. The molecule has 1 fully saturated rings. The average Bonchev–Trinajstić information content (AvgIpc) is 2.81. The van der Waals surface area contributed by atoms with Crippen molar-refractivity contribution in [3.8, 4) is 0 Å². The Morgan fingerprint density at radius 3 is 2.75 bits per heavy atom. The summed E-state index contributed by atoms with van der Waals surface area (Å²) in [5, 5.41) is 0.716. The maximum Gasteiger partial charge on any atom is 0.147 e. The SMILES string of the molecule is Nc1ccc(SC2CC2)cc1F. The predicted molar refractivity (Wildman–Crippen MR) is 49.7 cm³/mol. The molecule has 1 aromatic rings. The zero-order valence-electron chi connectivity index (χ0n) is 6.59. The Balaban J connectivity index is 2.15. The van der Waals surface area contributed by atoms with Crippen LogP contribution >= 0.6 is 11.8 Å². The number of nitrogens with two attached hydrogens (primary N) is 1. The second kappa shape index (κ2) is 2.98. The van der Waals surface area contributed by atoms with Gasteiger partial charge in [0.25, 0.3) is 0 Å². The van der Waals surface area contributed by atoms with Crippen molar-refractivity contribution in [2.45, 2.75) is 23.0 Å². The number of hydrogen-bond acceptors (Lipinski definition) is 2. The van der Waals surface area contributed by atoms with Crippen LogP contribution in [0.2, 0.25) is 0 Å². The van der Waals surface area contributed by atoms with Gasteiger partial charge in [-0.15, -0.1) is 11.8 Å². The molecule has 0 radical (unpaired) electrons. The molecule has 0 atom stereocenters. The Morgan fingerprint density at radius 2 is 2.17 bits per heavy atom. The normalized spacial score (nSPS) is 16.4. The van der Waals surface area contributed by atoms with E-state index < -0.39 is 0 Å². The van der Waals surface area contributed by atoms with Gasteiger partial charge < -0.3 is 5.73 Å². The van der Waals surface area contributed by atoms with Crippen LogP contribution < -0.4 is 5.73 Å². The lowest BCUT2D eigenvalue weighted by molar-refractivity contribution is 0.629. The molecule has 64 valence electrons. The molecule has 0 aromatic heterocycles. The molecule has 1 aliphatic rings. The van der Waals surface area contributed by atoms with E-state index in [1.165, 1.54) is 18.9 Å². The third-order valence-electron chi connectivity index (χ3n) is 1.80. The summed E-state index contributed by atoms with van der Waals surface area (Å²) in [6, 6.07) is 5.01. The van der Waals surface area contributed by atoms with Gasteiger partial charge in [-0.1, -0.05) is 0 Å². The molecule has 1 aliphatic carbocycles. The lowest BCUT2D eigenvalue weighted by Gasteiger charge is -2.00. The van der Waals surface area contributed by atoms with E-state index >= 15 is 0 Å². The topological polar surface area (TPSA) is 26.0 Å². The van der Waals surface area contributed by atoms with Gasteiger partial charge in [-0.25, -0.2) is 4.39 Å². The van der Waals surface area contributed by atoms with Crippen molar-refractivity contribution < 1.29 is 4.39 Å². The maximum atomic E-state index is 12.9. The molecule has 2 rings (SSSR count). The van der Waals surface area contributed by atoms with E-state index in [0.29, 0.717) is 5.25 Å². The van der Waals surface area contributed by atoms with Crippen molar-refractivity contribution in [2.24, 2.45) is 0 Å². The molecule has 0 aliphatic heterocycles. The molecule has 1 saturated carbocycles. The Bertz CT molecular complexity index is 297. The van der Waals surface area contributed by atoms with Crippen LogP contribution in [0, 0.1) is 5.82 Å². The van der Waals surface area contributed by atoms with E-state index in [9.17, 15) is 4.39 Å². The maximum absolute atomic E-state index is 12.9. The highest BCUT2D eigenvalue weighted by Gasteiger charge is 2.22. The fraction of sp³-hybridized carbons (Fsp3) is 0.333. The monoisotopic (exact) mass is 183 g/mol. The van der Waals surface area contributed by atoms with Crippen LogP contribution in [0.5, 0.6) is 0 Å². The van der Waals surface area contributed by atoms with Gasteiger partial charge in [-0.2, -0.15) is 0 Å². The summed E-state index contributed by atoms with van der Waals surface area (Å²) >= 11 is 1.74. The first-order valence-electron chi connectivity index (χ1n) is 3.97. The van der Waals surface area contributed by atoms with Gasteiger partial charge in [-0.05, 0) is 31.0 Å². The molecular weight excluding hydrogens is 173 g/mol. The average molecular weight is 183 g/mol. The van der Waals surface area contributed by atoms with E-state index in [1.54, 1.807) is 17.8 Å². The second-order valence-corrected chi connectivity index (χ2v) is 4.37. The summed E-state index contributed by atoms with van der Waals surface area (Å²) in [5.74, 6) is -0.305. The molecule has 0 unspecified atom stereocenters. The zero-order chi connectivity index (χ0) is 8.55. The molecule has 0 bridgehead atoms. The van der Waals surface area contributed by atoms with Crippen molar-refractivity contribution >= 4 is 17.4 Å². The van der Waals surface area contributed by atoms with Gasteiger partial charge in [0.05, 0.1) is 5.69 Å². The third kappa shape index (κ3) is 1.72. The van der Waals surface area contributed by atoms with Crippen LogP contribution in [0.4, 0.5) is 10.1 Å². The first kappa shape index (κ1) is 7.92. The minimum atomic E-state index is -0.305. The van der Waals surface area contributed by atoms with Crippen molar-refractivity contribution in [3.63, 3.8) is 0 Å². The molecule has 0 spiro atoms. The number of rotatable bonds is 2. The highest BCUT2D eigenvalue weighted by Crippen LogP contribution is 2.39. The van der Waals surface area contributed by atoms with Crippen LogP contribution in [0.3, 0.4) is 0 Å². The lowest BCUT2D eigenvalue weighted by atomic mass is 10.3. The molecule has 0 saturated heterocycles. The van der Waals surface area contributed by atoms with Crippen molar-refractivity contribution in [1.82, 2.24) is 0 Å². The summed E-state index contributed by atoms with van der Waals surface area (Å²) in [6.45, 7) is 0. The fourth-order valence-electron chi connectivity index (χ4n) is 0.960. The number of hydrogen-bond donors (Lipinski definition) is 1. The third-order valence-corrected chi connectivity index (χ3v) is 3.13. The zero-order valence-corrected chi connectivity index (χ0v) is 7.40. The van der Waals surface area contributed by atoms with E-state index in [4.69, 9.17) is 5.73 Å². The standard InChI is InChI=1S/C9H10FNS/c10-8-5-7(3-4-9(8)11)12-6-1-2-6/h3-6H,1-2,11H2. The minimum absolute atomic E-state index is 0.232. The van der Waals surface area contributed by atoms with Gasteiger partial charge in [0.15, 0.2) is 0 Å². The highest BCUT2D eigenvalue weighted by molar-refractivity contribution is 8.00. The van der Waals surface area contributed by atoms with Gasteiger partial charge in [0.2, 0.25) is 0 Å². The molecule has 3 heteroatoms. The molecule has 1 nitrogen and oxygen atoms in total. The molecule has 0 amide bonds. The van der Waals surface area contributed by atoms with Crippen LogP contribution in [-0.2, 0) is 0 Å². The Hall–Kier alpha value is -0.700. The van der Waals surface area contributed by atoms with Crippen molar-refractivity contribution in [2.75, 3.05) is 5.73 Å². The molecule has 0 heterocycles. The summed E-state index contributed by atoms with van der Waals surface area (Å²) in [7, 11) is 0. The molecule has 12 heavy (non-hydrogen) atoms. The summed E-state index contributed by atoms with van der Waals surface area (Å²) < 4.78 is 12.9. The van der Waals surface area contributed by atoms with Crippen LogP contribution in [-0.4, -0.2) is 5.25 Å². The van der Waals surface area contributed by atoms with E-state index in [2.05, 4.69) is 0 Å². The summed E-state index contributed by atoms with van der Waals surface area (Å²) in [5.41, 5.74) is 5.58. The first-order chi connectivity index (χ1) is 5.75. The highest BCUT2D eigenvalue weighted by atomic mass is 32.2. The quantitative estimate of drug-likeness (QED) is 0.713. The molecule has 1 aromatic carbocycles. The number of nitrogen functional groups attached to an aromatic ring is 1. The summed E-state index contributed by atoms with van der Waals surface area (Å²) in [6.07, 6.45) is 2.52. The van der Waals surface area contributed by atoms with E-state index in [-0.39, 0.29) is 11.5 Å². The van der Waals surface area contributed by atoms with Crippen LogP contribution in [0.1, 0.15) is 12.8 Å². The molecule has 2 N–H and O–H groups in total. The summed E-state index contributed by atoms with van der Waals surface area (Å²) in [4.78, 5) is 0.990. The number of thioether (sulfide) groups is 1. The fourth-order valence-corrected chi connectivity index (χ4v) is 2.03. The smallest absolute Gasteiger partial charge is 0.147 e. The Kier molecular flexibility index (Phi) is 1.97. The van der Waals surface area contributed by atoms with Crippen molar-refractivity contribution in [3.05, 3.63) is 24.0 Å². The van der Waals surface area contributed by atoms with E-state index in [1.807, 2.05) is 6.07 Å². The van der Waals surface area contributed by atoms with Gasteiger partial charge >= 0.3 is 0 Å². The second-order valence-electron chi connectivity index (χ2n) is 3.00. The predicted octanol–water partition coefficient (Wildman–Crippen LogP) is 2.66. The number of benzene rings is 1. The largest absolute Gasteiger partial charge is 0.396 e. The minimum Gasteiger partial charge on any atom is -0.396 e. The number of anilines is 1. The van der Waals surface area contributed by atoms with Gasteiger partial charge in [0.1, 0.15) is 5.82 Å². The Labute approximate surface area is 75.1 Å². The van der Waals surface area contributed by atoms with Crippen molar-refractivity contribution in [1.29, 1.82) is 0 Å².